The van der Waals surface area contributed by atoms with Gasteiger partial charge in [-0.05, 0) is 25.0 Å². The average Bonchev–Trinajstić information content (AvgIpc) is 2.94. The van der Waals surface area contributed by atoms with Gasteiger partial charge in [0.05, 0.1) is 13.4 Å². The van der Waals surface area contributed by atoms with Crippen LogP contribution in [0.1, 0.15) is 35.8 Å². The molecule has 2 aromatic heterocycles. The van der Waals surface area contributed by atoms with Crippen LogP contribution in [-0.4, -0.2) is 12.1 Å². The van der Waals surface area contributed by atoms with Crippen LogP contribution in [-0.2, 0) is 13.0 Å². The summed E-state index contributed by atoms with van der Waals surface area (Å²) >= 11 is 0. The van der Waals surface area contributed by atoms with Crippen molar-refractivity contribution in [3.05, 3.63) is 47.5 Å². The zero-order valence-electron chi connectivity index (χ0n) is 11.1. The van der Waals surface area contributed by atoms with Crippen LogP contribution in [0.5, 0.6) is 5.88 Å². The number of aryl methyl sites for hydroxylation is 1. The molecule has 0 aromatic carbocycles. The zero-order chi connectivity index (χ0) is 13.1. The van der Waals surface area contributed by atoms with Gasteiger partial charge in [0.25, 0.3) is 0 Å². The van der Waals surface area contributed by atoms with E-state index in [2.05, 4.69) is 16.4 Å². The second kappa shape index (κ2) is 5.45. The lowest BCUT2D eigenvalue weighted by molar-refractivity contribution is 0.381. The van der Waals surface area contributed by atoms with Crippen LogP contribution in [0.15, 0.2) is 35.1 Å². The molecule has 0 saturated heterocycles. The highest BCUT2D eigenvalue weighted by molar-refractivity contribution is 5.27. The maximum Gasteiger partial charge on any atom is 0.217 e. The summed E-state index contributed by atoms with van der Waals surface area (Å²) in [5.41, 5.74) is 2.38. The third-order valence-corrected chi connectivity index (χ3v) is 3.63. The molecule has 4 nitrogen and oxygen atoms in total. The maximum absolute atomic E-state index is 5.51. The van der Waals surface area contributed by atoms with Gasteiger partial charge in [-0.3, -0.25) is 0 Å². The summed E-state index contributed by atoms with van der Waals surface area (Å²) in [6.07, 6.45) is 6.90. The van der Waals surface area contributed by atoms with Gasteiger partial charge in [-0.2, -0.15) is 0 Å². The Kier molecular flexibility index (Phi) is 3.51. The first-order chi connectivity index (χ1) is 9.38. The molecule has 100 valence electrons. The van der Waals surface area contributed by atoms with E-state index in [-0.39, 0.29) is 0 Å². The summed E-state index contributed by atoms with van der Waals surface area (Å²) in [5, 5.41) is 3.57. The predicted molar refractivity (Wildman–Crippen MR) is 72.0 cm³/mol. The quantitative estimate of drug-likeness (QED) is 0.916. The van der Waals surface area contributed by atoms with Gasteiger partial charge in [-0.25, -0.2) is 4.98 Å². The fourth-order valence-corrected chi connectivity index (χ4v) is 2.67. The summed E-state index contributed by atoms with van der Waals surface area (Å²) in [6, 6.07) is 6.42. The van der Waals surface area contributed by atoms with Crippen LogP contribution < -0.4 is 10.1 Å². The fraction of sp³-hybridized carbons (Fsp3) is 0.400. The highest BCUT2D eigenvalue weighted by Crippen LogP contribution is 2.30. The van der Waals surface area contributed by atoms with Gasteiger partial charge in [-0.1, -0.05) is 6.07 Å². The molecule has 1 N–H and O–H groups in total. The molecule has 1 atom stereocenters. The summed E-state index contributed by atoms with van der Waals surface area (Å²) in [6.45, 7) is 0.756. The van der Waals surface area contributed by atoms with Gasteiger partial charge in [0.2, 0.25) is 5.88 Å². The lowest BCUT2D eigenvalue weighted by Crippen LogP contribution is -2.24. The van der Waals surface area contributed by atoms with Crippen molar-refractivity contribution >= 4 is 0 Å². The number of hydrogen-bond donors (Lipinski definition) is 1. The second-order valence-corrected chi connectivity index (χ2v) is 4.80. The Balaban J connectivity index is 1.71. The standard InChI is InChI=1S/C15H18N2O2/c1-18-15-11(4-3-8-16-15)10-17-13-5-2-6-14-12(13)7-9-19-14/h3-4,7-9,13,17H,2,5-6,10H2,1H3. The van der Waals surface area contributed by atoms with E-state index < -0.39 is 0 Å². The van der Waals surface area contributed by atoms with Gasteiger partial charge in [0.1, 0.15) is 5.76 Å². The van der Waals surface area contributed by atoms with E-state index in [4.69, 9.17) is 9.15 Å². The molecule has 0 spiro atoms. The Labute approximate surface area is 112 Å². The van der Waals surface area contributed by atoms with E-state index >= 15 is 0 Å². The molecule has 2 heterocycles. The van der Waals surface area contributed by atoms with Crippen LogP contribution in [0.4, 0.5) is 0 Å². The van der Waals surface area contributed by atoms with Crippen molar-refractivity contribution in [3.8, 4) is 5.88 Å². The molecule has 4 heteroatoms. The first kappa shape index (κ1) is 12.2. The molecule has 1 aliphatic rings. The number of aromatic nitrogens is 1. The molecular formula is C15H18N2O2. The number of pyridine rings is 1. The molecule has 1 unspecified atom stereocenters. The largest absolute Gasteiger partial charge is 0.481 e. The van der Waals surface area contributed by atoms with Gasteiger partial charge in [-0.15, -0.1) is 0 Å². The molecule has 3 rings (SSSR count). The molecule has 2 aromatic rings. The number of hydrogen-bond acceptors (Lipinski definition) is 4. The van der Waals surface area contributed by atoms with E-state index in [0.29, 0.717) is 11.9 Å². The lowest BCUT2D eigenvalue weighted by atomic mass is 9.93. The minimum Gasteiger partial charge on any atom is -0.481 e. The van der Waals surface area contributed by atoms with Crippen molar-refractivity contribution in [2.75, 3.05) is 7.11 Å². The number of ether oxygens (including phenoxy) is 1. The Morgan fingerprint density at radius 1 is 1.47 bits per heavy atom. The third-order valence-electron chi connectivity index (χ3n) is 3.63. The Morgan fingerprint density at radius 2 is 2.42 bits per heavy atom. The smallest absolute Gasteiger partial charge is 0.217 e. The van der Waals surface area contributed by atoms with Crippen molar-refractivity contribution in [3.63, 3.8) is 0 Å². The molecule has 0 radical (unpaired) electrons. The third kappa shape index (κ3) is 2.49. The van der Waals surface area contributed by atoms with Crippen molar-refractivity contribution in [2.45, 2.75) is 31.8 Å². The topological polar surface area (TPSA) is 47.3 Å². The Bertz CT molecular complexity index is 551. The minimum absolute atomic E-state index is 0.368. The minimum atomic E-state index is 0.368. The monoisotopic (exact) mass is 258 g/mol. The van der Waals surface area contributed by atoms with E-state index in [1.165, 1.54) is 12.0 Å². The van der Waals surface area contributed by atoms with Gasteiger partial charge >= 0.3 is 0 Å². The Morgan fingerprint density at radius 3 is 3.32 bits per heavy atom. The average molecular weight is 258 g/mol. The molecule has 0 fully saturated rings. The molecule has 0 bridgehead atoms. The van der Waals surface area contributed by atoms with Crippen LogP contribution in [0.2, 0.25) is 0 Å². The summed E-state index contributed by atoms with van der Waals surface area (Å²) in [7, 11) is 1.65. The first-order valence-electron chi connectivity index (χ1n) is 6.66. The summed E-state index contributed by atoms with van der Waals surface area (Å²) in [4.78, 5) is 4.21. The molecular weight excluding hydrogens is 240 g/mol. The van der Waals surface area contributed by atoms with Crippen molar-refractivity contribution in [1.82, 2.24) is 10.3 Å². The number of nitrogens with zero attached hydrogens (tertiary/aromatic N) is 1. The highest BCUT2D eigenvalue weighted by atomic mass is 16.5. The summed E-state index contributed by atoms with van der Waals surface area (Å²) < 4.78 is 10.8. The van der Waals surface area contributed by atoms with Crippen LogP contribution in [0, 0.1) is 0 Å². The van der Waals surface area contributed by atoms with Crippen LogP contribution in [0.25, 0.3) is 0 Å². The molecule has 0 saturated carbocycles. The normalized spacial score (nSPS) is 18.1. The van der Waals surface area contributed by atoms with E-state index in [0.717, 1.165) is 30.7 Å². The zero-order valence-corrected chi connectivity index (χ0v) is 11.1. The Hall–Kier alpha value is -1.81. The van der Waals surface area contributed by atoms with Crippen molar-refractivity contribution in [1.29, 1.82) is 0 Å². The van der Waals surface area contributed by atoms with Gasteiger partial charge < -0.3 is 14.5 Å². The van der Waals surface area contributed by atoms with Gasteiger partial charge in [0, 0.05) is 36.3 Å². The van der Waals surface area contributed by atoms with Gasteiger partial charge in [0.15, 0.2) is 0 Å². The highest BCUT2D eigenvalue weighted by Gasteiger charge is 2.22. The SMILES string of the molecule is COc1ncccc1CNC1CCCc2occc21. The second-order valence-electron chi connectivity index (χ2n) is 4.80. The number of furan rings is 1. The fourth-order valence-electron chi connectivity index (χ4n) is 2.67. The number of methoxy groups -OCH3 is 1. The number of nitrogens with one attached hydrogen (secondary N) is 1. The van der Waals surface area contributed by atoms with Crippen molar-refractivity contribution in [2.24, 2.45) is 0 Å². The maximum atomic E-state index is 5.51. The number of fused-ring (bicyclic) bond motifs is 1. The molecule has 0 amide bonds. The number of rotatable bonds is 4. The first-order valence-corrected chi connectivity index (χ1v) is 6.66. The van der Waals surface area contributed by atoms with E-state index in [1.54, 1.807) is 19.6 Å². The van der Waals surface area contributed by atoms with Crippen LogP contribution in [0.3, 0.4) is 0 Å². The van der Waals surface area contributed by atoms with E-state index in [1.807, 2.05) is 12.1 Å². The van der Waals surface area contributed by atoms with Crippen molar-refractivity contribution < 1.29 is 9.15 Å². The molecule has 19 heavy (non-hydrogen) atoms. The predicted octanol–water partition coefficient (Wildman–Crippen LogP) is 2.85. The molecule has 1 aliphatic carbocycles. The summed E-state index contributed by atoms with van der Waals surface area (Å²) in [5.74, 6) is 1.82. The van der Waals surface area contributed by atoms with Crippen LogP contribution >= 0.6 is 0 Å². The lowest BCUT2D eigenvalue weighted by Gasteiger charge is -2.23. The molecule has 0 aliphatic heterocycles. The van der Waals surface area contributed by atoms with E-state index in [9.17, 15) is 0 Å².